The molecule has 0 spiro atoms. The Kier molecular flexibility index (Phi) is 4.38. The number of aliphatic hydroxyl groups is 1. The van der Waals surface area contributed by atoms with Crippen LogP contribution in [-0.2, 0) is 4.74 Å². The van der Waals surface area contributed by atoms with Gasteiger partial charge in [0.1, 0.15) is 0 Å². The first-order chi connectivity index (χ1) is 9.02. The number of anilines is 1. The van der Waals surface area contributed by atoms with E-state index < -0.39 is 6.10 Å². The van der Waals surface area contributed by atoms with E-state index in [9.17, 15) is 15.2 Å². The molecular formula is C12H18N2O4S. The van der Waals surface area contributed by atoms with Crippen LogP contribution in [0.15, 0.2) is 6.07 Å². The summed E-state index contributed by atoms with van der Waals surface area (Å²) in [6.45, 7) is 3.12. The average molecular weight is 286 g/mol. The fourth-order valence-electron chi connectivity index (χ4n) is 2.25. The third kappa shape index (κ3) is 3.05. The number of ether oxygens (including phenoxy) is 1. The van der Waals surface area contributed by atoms with Gasteiger partial charge in [0.05, 0.1) is 17.1 Å². The predicted octanol–water partition coefficient (Wildman–Crippen LogP) is 2.32. The molecule has 1 aliphatic rings. The van der Waals surface area contributed by atoms with Gasteiger partial charge in [0, 0.05) is 31.1 Å². The first kappa shape index (κ1) is 14.2. The fraction of sp³-hybridized carbons (Fsp3) is 0.667. The molecule has 106 valence electrons. The summed E-state index contributed by atoms with van der Waals surface area (Å²) in [7, 11) is 1.69. The zero-order valence-electron chi connectivity index (χ0n) is 11.0. The number of methoxy groups -OCH3 is 1. The highest BCUT2D eigenvalue weighted by atomic mass is 32.1. The lowest BCUT2D eigenvalue weighted by atomic mass is 10.1. The van der Waals surface area contributed by atoms with Gasteiger partial charge in [-0.2, -0.15) is 0 Å². The third-order valence-corrected chi connectivity index (χ3v) is 4.74. The molecule has 7 heteroatoms. The van der Waals surface area contributed by atoms with Gasteiger partial charge in [-0.3, -0.25) is 10.1 Å². The Balaban J connectivity index is 2.21. The van der Waals surface area contributed by atoms with E-state index in [1.807, 2.05) is 4.90 Å². The number of piperidine rings is 1. The molecule has 2 rings (SSSR count). The lowest BCUT2D eigenvalue weighted by Gasteiger charge is -2.31. The zero-order chi connectivity index (χ0) is 14.0. The lowest BCUT2D eigenvalue weighted by Crippen LogP contribution is -2.36. The Bertz CT molecular complexity index is 453. The number of aliphatic hydroxyl groups excluding tert-OH is 1. The van der Waals surface area contributed by atoms with Crippen LogP contribution < -0.4 is 4.90 Å². The summed E-state index contributed by atoms with van der Waals surface area (Å²) in [5.74, 6) is 0. The van der Waals surface area contributed by atoms with Crippen molar-refractivity contribution in [3.63, 3.8) is 0 Å². The van der Waals surface area contributed by atoms with Crippen molar-refractivity contribution in [2.75, 3.05) is 25.1 Å². The molecule has 2 heterocycles. The maximum absolute atomic E-state index is 11.1. The van der Waals surface area contributed by atoms with Crippen molar-refractivity contribution >= 4 is 22.0 Å². The minimum Gasteiger partial charge on any atom is -0.388 e. The van der Waals surface area contributed by atoms with Crippen LogP contribution in [0, 0.1) is 10.1 Å². The quantitative estimate of drug-likeness (QED) is 0.679. The molecule has 1 aromatic heterocycles. The molecule has 0 amide bonds. The Morgan fingerprint density at radius 3 is 2.68 bits per heavy atom. The molecule has 0 radical (unpaired) electrons. The first-order valence-corrected chi connectivity index (χ1v) is 7.08. The van der Waals surface area contributed by atoms with Crippen LogP contribution in [0.2, 0.25) is 0 Å². The normalized spacial score (nSPS) is 18.6. The second kappa shape index (κ2) is 5.85. The molecular weight excluding hydrogens is 268 g/mol. The molecule has 0 bridgehead atoms. The summed E-state index contributed by atoms with van der Waals surface area (Å²) in [5, 5.41) is 21.3. The first-order valence-electron chi connectivity index (χ1n) is 6.27. The van der Waals surface area contributed by atoms with E-state index in [-0.39, 0.29) is 16.7 Å². The molecule has 0 aromatic carbocycles. The molecule has 1 N–H and O–H groups in total. The number of hydrogen-bond donors (Lipinski definition) is 1. The van der Waals surface area contributed by atoms with Gasteiger partial charge in [-0.1, -0.05) is 0 Å². The number of rotatable bonds is 4. The Morgan fingerprint density at radius 1 is 1.58 bits per heavy atom. The van der Waals surface area contributed by atoms with Crippen LogP contribution in [0.3, 0.4) is 0 Å². The molecule has 0 aliphatic carbocycles. The van der Waals surface area contributed by atoms with Gasteiger partial charge in [-0.25, -0.2) is 0 Å². The molecule has 19 heavy (non-hydrogen) atoms. The van der Waals surface area contributed by atoms with Crippen LogP contribution in [0.1, 0.15) is 30.7 Å². The van der Waals surface area contributed by atoms with E-state index >= 15 is 0 Å². The zero-order valence-corrected chi connectivity index (χ0v) is 11.9. The molecule has 0 saturated carbocycles. The Morgan fingerprint density at radius 2 is 2.21 bits per heavy atom. The number of nitro groups is 1. The van der Waals surface area contributed by atoms with E-state index in [0.717, 1.165) is 25.9 Å². The van der Waals surface area contributed by atoms with Crippen LogP contribution in [0.4, 0.5) is 10.7 Å². The summed E-state index contributed by atoms with van der Waals surface area (Å²) in [6, 6.07) is 1.48. The lowest BCUT2D eigenvalue weighted by molar-refractivity contribution is -0.383. The minimum absolute atomic E-state index is 0.0942. The highest BCUT2D eigenvalue weighted by Crippen LogP contribution is 2.41. The standard InChI is InChI=1S/C12H18N2O4S/c1-8(15)11-7-10(14(16)17)12(19-11)13-5-3-9(18-2)4-6-13/h7-9,15H,3-6H2,1-2H3. The fourth-order valence-corrected chi connectivity index (χ4v) is 3.36. The van der Waals surface area contributed by atoms with Gasteiger partial charge < -0.3 is 14.7 Å². The van der Waals surface area contributed by atoms with Gasteiger partial charge in [0.15, 0.2) is 5.00 Å². The molecule has 1 aromatic rings. The van der Waals surface area contributed by atoms with Crippen LogP contribution >= 0.6 is 11.3 Å². The molecule has 1 fully saturated rings. The van der Waals surface area contributed by atoms with Crippen molar-refractivity contribution in [3.8, 4) is 0 Å². The van der Waals surface area contributed by atoms with Crippen molar-refractivity contribution < 1.29 is 14.8 Å². The van der Waals surface area contributed by atoms with Crippen molar-refractivity contribution in [1.82, 2.24) is 0 Å². The Labute approximate surface area is 115 Å². The molecule has 1 unspecified atom stereocenters. The largest absolute Gasteiger partial charge is 0.388 e. The van der Waals surface area contributed by atoms with Crippen LogP contribution in [0.25, 0.3) is 0 Å². The third-order valence-electron chi connectivity index (χ3n) is 3.38. The molecule has 6 nitrogen and oxygen atoms in total. The number of hydrogen-bond acceptors (Lipinski definition) is 6. The summed E-state index contributed by atoms with van der Waals surface area (Å²) in [6.07, 6.45) is 1.31. The van der Waals surface area contributed by atoms with Crippen molar-refractivity contribution in [2.45, 2.75) is 32.0 Å². The van der Waals surface area contributed by atoms with Gasteiger partial charge in [0.2, 0.25) is 0 Å². The summed E-state index contributed by atoms with van der Waals surface area (Å²) in [4.78, 5) is 13.4. The number of thiophene rings is 1. The molecule has 1 aliphatic heterocycles. The SMILES string of the molecule is COC1CCN(c2sc(C(C)O)cc2[N+](=O)[O-])CC1. The second-order valence-electron chi connectivity index (χ2n) is 4.69. The van der Waals surface area contributed by atoms with E-state index in [4.69, 9.17) is 4.74 Å². The minimum atomic E-state index is -0.672. The van der Waals surface area contributed by atoms with E-state index in [0.29, 0.717) is 9.88 Å². The molecule has 1 atom stereocenters. The van der Waals surface area contributed by atoms with E-state index in [1.54, 1.807) is 14.0 Å². The van der Waals surface area contributed by atoms with Crippen molar-refractivity contribution in [3.05, 3.63) is 21.1 Å². The Hall–Kier alpha value is -1.18. The smallest absolute Gasteiger partial charge is 0.304 e. The average Bonchev–Trinajstić information content (AvgIpc) is 2.84. The van der Waals surface area contributed by atoms with E-state index in [2.05, 4.69) is 0 Å². The van der Waals surface area contributed by atoms with Gasteiger partial charge in [-0.05, 0) is 19.8 Å². The summed E-state index contributed by atoms with van der Waals surface area (Å²) in [5.41, 5.74) is 0.0942. The second-order valence-corrected chi connectivity index (χ2v) is 5.76. The van der Waals surface area contributed by atoms with E-state index in [1.165, 1.54) is 17.4 Å². The predicted molar refractivity (Wildman–Crippen MR) is 73.9 cm³/mol. The van der Waals surface area contributed by atoms with Gasteiger partial charge in [-0.15, -0.1) is 11.3 Å². The van der Waals surface area contributed by atoms with Crippen molar-refractivity contribution in [1.29, 1.82) is 0 Å². The number of nitrogens with zero attached hydrogens (tertiary/aromatic N) is 2. The maximum Gasteiger partial charge on any atom is 0.304 e. The molecule has 1 saturated heterocycles. The maximum atomic E-state index is 11.1. The van der Waals surface area contributed by atoms with Crippen LogP contribution in [0.5, 0.6) is 0 Å². The summed E-state index contributed by atoms with van der Waals surface area (Å²) < 4.78 is 5.30. The monoisotopic (exact) mass is 286 g/mol. The highest BCUT2D eigenvalue weighted by molar-refractivity contribution is 7.16. The highest BCUT2D eigenvalue weighted by Gasteiger charge is 2.28. The summed E-state index contributed by atoms with van der Waals surface area (Å²) >= 11 is 1.30. The topological polar surface area (TPSA) is 75.8 Å². The van der Waals surface area contributed by atoms with Gasteiger partial charge in [0.25, 0.3) is 0 Å². The van der Waals surface area contributed by atoms with Crippen molar-refractivity contribution in [2.24, 2.45) is 0 Å². The van der Waals surface area contributed by atoms with Crippen LogP contribution in [-0.4, -0.2) is 36.3 Å². The van der Waals surface area contributed by atoms with Gasteiger partial charge >= 0.3 is 5.69 Å².